The highest BCUT2D eigenvalue weighted by Crippen LogP contribution is 2.29. The van der Waals surface area contributed by atoms with Gasteiger partial charge in [-0.05, 0) is 38.1 Å². The Hall–Kier alpha value is -1.79. The zero-order valence-electron chi connectivity index (χ0n) is 12.1. The molecule has 3 rings (SSSR count). The highest BCUT2D eigenvalue weighted by atomic mass is 32.1. The van der Waals surface area contributed by atoms with Crippen molar-refractivity contribution in [3.63, 3.8) is 0 Å². The summed E-state index contributed by atoms with van der Waals surface area (Å²) < 4.78 is 13.4. The van der Waals surface area contributed by atoms with Gasteiger partial charge in [0.1, 0.15) is 10.7 Å². The third-order valence-electron chi connectivity index (χ3n) is 3.80. The predicted octanol–water partition coefficient (Wildman–Crippen LogP) is 3.29. The number of aromatic nitrogens is 1. The molecule has 1 aliphatic heterocycles. The van der Waals surface area contributed by atoms with Crippen LogP contribution in [-0.4, -0.2) is 40.6 Å². The summed E-state index contributed by atoms with van der Waals surface area (Å²) >= 11 is 1.19. The van der Waals surface area contributed by atoms with Gasteiger partial charge in [-0.3, -0.25) is 0 Å². The number of benzene rings is 1. The zero-order valence-corrected chi connectivity index (χ0v) is 12.9. The van der Waals surface area contributed by atoms with Gasteiger partial charge in [-0.15, -0.1) is 11.3 Å². The van der Waals surface area contributed by atoms with E-state index in [9.17, 15) is 14.3 Å². The summed E-state index contributed by atoms with van der Waals surface area (Å²) in [7, 11) is 0. The first-order valence-corrected chi connectivity index (χ1v) is 8.16. The molecule has 0 atom stereocenters. The molecular weight excluding hydrogens is 303 g/mol. The number of likely N-dealkylation sites (tertiary alicyclic amines) is 1. The van der Waals surface area contributed by atoms with E-state index in [-0.39, 0.29) is 10.7 Å². The highest BCUT2D eigenvalue weighted by Gasteiger charge is 2.20. The number of carbonyl (C=O) groups is 1. The molecular formula is C16H17FN2O2S. The summed E-state index contributed by atoms with van der Waals surface area (Å²) in [5, 5.41) is 10.2. The van der Waals surface area contributed by atoms with Crippen molar-refractivity contribution in [1.29, 1.82) is 0 Å². The summed E-state index contributed by atoms with van der Waals surface area (Å²) in [5.41, 5.74) is 0.884. The fourth-order valence-electron chi connectivity index (χ4n) is 2.71. The van der Waals surface area contributed by atoms with E-state index in [1.165, 1.54) is 36.3 Å². The summed E-state index contributed by atoms with van der Waals surface area (Å²) in [4.78, 5) is 18.4. The van der Waals surface area contributed by atoms with E-state index in [1.807, 2.05) is 0 Å². The highest BCUT2D eigenvalue weighted by molar-refractivity contribution is 7.14. The molecule has 2 heterocycles. The monoisotopic (exact) mass is 320 g/mol. The minimum atomic E-state index is -1.01. The van der Waals surface area contributed by atoms with E-state index in [1.54, 1.807) is 12.1 Å². The Morgan fingerprint density at radius 3 is 2.82 bits per heavy atom. The summed E-state index contributed by atoms with van der Waals surface area (Å²) in [6.07, 6.45) is 3.19. The van der Waals surface area contributed by atoms with Crippen LogP contribution in [0.2, 0.25) is 0 Å². The van der Waals surface area contributed by atoms with E-state index in [2.05, 4.69) is 9.88 Å². The molecule has 0 radical (unpaired) electrons. The normalized spacial score (nSPS) is 15.3. The van der Waals surface area contributed by atoms with Gasteiger partial charge in [0.2, 0.25) is 0 Å². The van der Waals surface area contributed by atoms with Crippen molar-refractivity contribution < 1.29 is 14.3 Å². The number of carboxylic acids is 1. The van der Waals surface area contributed by atoms with Crippen LogP contribution < -0.4 is 0 Å². The van der Waals surface area contributed by atoms with Crippen LogP contribution in [0, 0.1) is 5.82 Å². The third-order valence-corrected chi connectivity index (χ3v) is 4.91. The Labute approximate surface area is 132 Å². The lowest BCUT2D eigenvalue weighted by atomic mass is 10.1. The third kappa shape index (κ3) is 3.34. The fraction of sp³-hybridized carbons (Fsp3) is 0.375. The molecule has 116 valence electrons. The topological polar surface area (TPSA) is 53.4 Å². The molecule has 1 fully saturated rings. The summed E-state index contributed by atoms with van der Waals surface area (Å²) in [6, 6.07) is 5.92. The number of aromatic carboxylic acids is 1. The van der Waals surface area contributed by atoms with Crippen LogP contribution in [0.5, 0.6) is 0 Å². The van der Waals surface area contributed by atoms with Crippen LogP contribution in [0.3, 0.4) is 0 Å². The maximum Gasteiger partial charge on any atom is 0.348 e. The average molecular weight is 320 g/mol. The van der Waals surface area contributed by atoms with E-state index in [0.29, 0.717) is 11.3 Å². The lowest BCUT2D eigenvalue weighted by molar-refractivity contribution is 0.0702. The molecule has 1 aliphatic rings. The smallest absolute Gasteiger partial charge is 0.348 e. The average Bonchev–Trinajstić information content (AvgIpc) is 3.14. The summed E-state index contributed by atoms with van der Waals surface area (Å²) in [5.74, 6) is -1.40. The van der Waals surface area contributed by atoms with E-state index >= 15 is 0 Å². The Balaban J connectivity index is 1.84. The molecule has 6 heteroatoms. The molecule has 1 saturated heterocycles. The van der Waals surface area contributed by atoms with Crippen molar-refractivity contribution in [2.75, 3.05) is 19.6 Å². The van der Waals surface area contributed by atoms with Gasteiger partial charge in [-0.2, -0.15) is 0 Å². The van der Waals surface area contributed by atoms with Gasteiger partial charge in [0.15, 0.2) is 0 Å². The molecule has 0 aliphatic carbocycles. The van der Waals surface area contributed by atoms with Crippen molar-refractivity contribution >= 4 is 17.3 Å². The van der Waals surface area contributed by atoms with Gasteiger partial charge in [0.05, 0.1) is 10.7 Å². The lowest BCUT2D eigenvalue weighted by Gasteiger charge is -2.12. The van der Waals surface area contributed by atoms with Crippen molar-refractivity contribution in [3.8, 4) is 11.3 Å². The standard InChI is InChI=1S/C16H17FN2O2S/c17-12-5-3-4-11(10-12)14-15(16(20)21)22-13(18-14)6-9-19-7-1-2-8-19/h3-5,10H,1-2,6-9H2,(H,20,21). The van der Waals surface area contributed by atoms with Gasteiger partial charge in [0.25, 0.3) is 0 Å². The van der Waals surface area contributed by atoms with E-state index in [4.69, 9.17) is 0 Å². The largest absolute Gasteiger partial charge is 0.477 e. The second-order valence-corrected chi connectivity index (χ2v) is 6.48. The molecule has 1 aromatic carbocycles. The van der Waals surface area contributed by atoms with Crippen LogP contribution in [0.15, 0.2) is 24.3 Å². The number of hydrogen-bond acceptors (Lipinski definition) is 4. The molecule has 1 aromatic heterocycles. The maximum absolute atomic E-state index is 13.4. The van der Waals surface area contributed by atoms with Crippen molar-refractivity contribution in [2.24, 2.45) is 0 Å². The van der Waals surface area contributed by atoms with Crippen LogP contribution in [0.25, 0.3) is 11.3 Å². The fourth-order valence-corrected chi connectivity index (χ4v) is 3.62. The van der Waals surface area contributed by atoms with Crippen LogP contribution in [0.4, 0.5) is 4.39 Å². The molecule has 0 saturated carbocycles. The SMILES string of the molecule is O=C(O)c1sc(CCN2CCCC2)nc1-c1cccc(F)c1. The molecule has 1 N–H and O–H groups in total. The zero-order chi connectivity index (χ0) is 15.5. The molecule has 4 nitrogen and oxygen atoms in total. The molecule has 0 bridgehead atoms. The maximum atomic E-state index is 13.4. The Morgan fingerprint density at radius 1 is 1.36 bits per heavy atom. The number of hydrogen-bond donors (Lipinski definition) is 1. The van der Waals surface area contributed by atoms with Crippen LogP contribution in [0.1, 0.15) is 27.5 Å². The van der Waals surface area contributed by atoms with Crippen LogP contribution >= 0.6 is 11.3 Å². The second kappa shape index (κ2) is 6.54. The molecule has 0 spiro atoms. The van der Waals surface area contributed by atoms with Crippen molar-refractivity contribution in [1.82, 2.24) is 9.88 Å². The predicted molar refractivity (Wildman–Crippen MR) is 83.8 cm³/mol. The Kier molecular flexibility index (Phi) is 4.49. The Bertz CT molecular complexity index is 681. The molecule has 2 aromatic rings. The molecule has 0 amide bonds. The van der Waals surface area contributed by atoms with E-state index < -0.39 is 5.97 Å². The lowest BCUT2D eigenvalue weighted by Crippen LogP contribution is -2.21. The van der Waals surface area contributed by atoms with Gasteiger partial charge in [-0.1, -0.05) is 12.1 Å². The first kappa shape index (κ1) is 15.1. The number of nitrogens with zero attached hydrogens (tertiary/aromatic N) is 2. The first-order chi connectivity index (χ1) is 10.6. The number of carboxylic acid groups (broad SMARTS) is 1. The van der Waals surface area contributed by atoms with Crippen molar-refractivity contribution in [2.45, 2.75) is 19.3 Å². The first-order valence-electron chi connectivity index (χ1n) is 7.35. The number of rotatable bonds is 5. The second-order valence-electron chi connectivity index (χ2n) is 5.40. The van der Waals surface area contributed by atoms with Gasteiger partial charge < -0.3 is 10.0 Å². The van der Waals surface area contributed by atoms with Crippen molar-refractivity contribution in [3.05, 3.63) is 40.0 Å². The van der Waals surface area contributed by atoms with Gasteiger partial charge in [0, 0.05) is 18.5 Å². The summed E-state index contributed by atoms with van der Waals surface area (Å²) in [6.45, 7) is 3.11. The molecule has 22 heavy (non-hydrogen) atoms. The minimum absolute atomic E-state index is 0.182. The minimum Gasteiger partial charge on any atom is -0.477 e. The van der Waals surface area contributed by atoms with Gasteiger partial charge >= 0.3 is 5.97 Å². The van der Waals surface area contributed by atoms with Crippen LogP contribution in [-0.2, 0) is 6.42 Å². The molecule has 0 unspecified atom stereocenters. The Morgan fingerprint density at radius 2 is 2.14 bits per heavy atom. The van der Waals surface area contributed by atoms with Gasteiger partial charge in [-0.25, -0.2) is 14.2 Å². The number of thiazole rings is 1. The number of halogens is 1. The van der Waals surface area contributed by atoms with E-state index in [0.717, 1.165) is 31.1 Å². The quantitative estimate of drug-likeness (QED) is 0.918.